The predicted octanol–water partition coefficient (Wildman–Crippen LogP) is 3.20. The summed E-state index contributed by atoms with van der Waals surface area (Å²) in [5.74, 6) is -1.59. The van der Waals surface area contributed by atoms with Gasteiger partial charge in [0.15, 0.2) is 9.84 Å². The minimum atomic E-state index is -3.73. The van der Waals surface area contributed by atoms with Crippen LogP contribution >= 0.6 is 0 Å². The third kappa shape index (κ3) is 5.25. The molecule has 0 fully saturated rings. The highest BCUT2D eigenvalue weighted by molar-refractivity contribution is 7.92. The van der Waals surface area contributed by atoms with Crippen LogP contribution in [-0.4, -0.2) is 25.2 Å². The zero-order valence-corrected chi connectivity index (χ0v) is 17.3. The van der Waals surface area contributed by atoms with Gasteiger partial charge in [0.25, 0.3) is 0 Å². The van der Waals surface area contributed by atoms with E-state index < -0.39 is 27.6 Å². The molecule has 0 spiro atoms. The van der Waals surface area contributed by atoms with Crippen molar-refractivity contribution in [2.45, 2.75) is 24.0 Å². The molecular weight excluding hydrogens is 400 g/mol. The molecule has 3 aromatic rings. The molecule has 1 amide bonds. The molecule has 2 unspecified atom stereocenters. The molecule has 0 heterocycles. The average molecular weight is 425 g/mol. The lowest BCUT2D eigenvalue weighted by Gasteiger charge is -2.18. The van der Waals surface area contributed by atoms with Crippen molar-refractivity contribution in [3.63, 3.8) is 0 Å². The van der Waals surface area contributed by atoms with E-state index in [0.717, 1.165) is 22.4 Å². The third-order valence-electron chi connectivity index (χ3n) is 4.77. The van der Waals surface area contributed by atoms with Gasteiger partial charge in [-0.15, -0.1) is 0 Å². The fourth-order valence-electron chi connectivity index (χ4n) is 3.19. The van der Waals surface area contributed by atoms with E-state index in [1.807, 2.05) is 61.5 Å². The average Bonchev–Trinajstić information content (AvgIpc) is 2.73. The maximum Gasteiger partial charge on any atom is 0.233 e. The fraction of sp³-hybridized carbons (Fsp3) is 0.174. The number of sulfone groups is 1. The summed E-state index contributed by atoms with van der Waals surface area (Å²) in [6, 6.07) is 23.2. The van der Waals surface area contributed by atoms with Gasteiger partial charge in [0.2, 0.25) is 5.91 Å². The number of nitrogens with two attached hydrogens (primary N) is 1. The molecule has 3 aromatic carbocycles. The topological polar surface area (TPSA) is 109 Å². The van der Waals surface area contributed by atoms with Gasteiger partial charge in [-0.2, -0.15) is 0 Å². The van der Waals surface area contributed by atoms with Gasteiger partial charge in [-0.1, -0.05) is 54.6 Å². The van der Waals surface area contributed by atoms with E-state index >= 15 is 0 Å². The lowest BCUT2D eigenvalue weighted by molar-refractivity contribution is -0.115. The Kier molecular flexibility index (Phi) is 6.54. The number of rotatable bonds is 8. The summed E-state index contributed by atoms with van der Waals surface area (Å²) >= 11 is 0. The van der Waals surface area contributed by atoms with Crippen molar-refractivity contribution < 1.29 is 18.3 Å². The first kappa shape index (κ1) is 21.5. The number of amides is 1. The van der Waals surface area contributed by atoms with Gasteiger partial charge in [0.1, 0.15) is 11.9 Å². The zero-order chi connectivity index (χ0) is 21.7. The molecule has 0 saturated heterocycles. The van der Waals surface area contributed by atoms with Crippen molar-refractivity contribution in [2.24, 2.45) is 5.73 Å². The predicted molar refractivity (Wildman–Crippen MR) is 117 cm³/mol. The van der Waals surface area contributed by atoms with Crippen molar-refractivity contribution in [3.8, 4) is 0 Å². The second-order valence-corrected chi connectivity index (χ2v) is 9.09. The van der Waals surface area contributed by atoms with Gasteiger partial charge in [-0.3, -0.25) is 4.79 Å². The molecule has 4 N–H and O–H groups in total. The number of carbonyl (C=O) groups is 1. The molecule has 30 heavy (non-hydrogen) atoms. The molecular formula is C23H24N2O4S. The van der Waals surface area contributed by atoms with Gasteiger partial charge in [-0.05, 0) is 47.9 Å². The van der Waals surface area contributed by atoms with Crippen LogP contribution in [0.25, 0.3) is 0 Å². The summed E-state index contributed by atoms with van der Waals surface area (Å²) in [5, 5.41) is 14.0. The number of aliphatic hydroxyl groups is 1. The van der Waals surface area contributed by atoms with Crippen LogP contribution in [0.15, 0.2) is 83.8 Å². The maximum atomic E-state index is 12.1. The number of aliphatic hydroxyl groups excluding tert-OH is 1. The van der Waals surface area contributed by atoms with Crippen molar-refractivity contribution in [1.29, 1.82) is 0 Å². The lowest BCUT2D eigenvalue weighted by atomic mass is 10.0. The molecule has 6 nitrogen and oxygen atoms in total. The zero-order valence-electron chi connectivity index (χ0n) is 16.5. The van der Waals surface area contributed by atoms with Crippen LogP contribution in [0.2, 0.25) is 0 Å². The Labute approximate surface area is 176 Å². The Hall–Kier alpha value is -3.16. The lowest BCUT2D eigenvalue weighted by Crippen LogP contribution is -2.23. The molecule has 3 rings (SSSR count). The molecule has 0 bridgehead atoms. The van der Waals surface area contributed by atoms with Gasteiger partial charge in [0.05, 0.1) is 4.90 Å². The van der Waals surface area contributed by atoms with Crippen LogP contribution in [0, 0.1) is 0 Å². The number of hydrogen-bond acceptors (Lipinski definition) is 5. The van der Waals surface area contributed by atoms with Crippen LogP contribution in [-0.2, 0) is 14.6 Å². The van der Waals surface area contributed by atoms with E-state index in [9.17, 15) is 18.3 Å². The standard InChI is InChI=1S/C23H24N2O4S/c1-16(17-10-12-21(13-11-17)30(28,29)15-22(24)26)25-20-9-5-8-19(14-20)23(27)18-6-3-2-4-7-18/h2-14,16,23,25,27H,15H2,1H3,(H2,24,26). The maximum absolute atomic E-state index is 12.1. The summed E-state index contributed by atoms with van der Waals surface area (Å²) in [4.78, 5) is 11.0. The Balaban J connectivity index is 1.73. The first-order valence-electron chi connectivity index (χ1n) is 9.47. The summed E-state index contributed by atoms with van der Waals surface area (Å²) in [7, 11) is -3.73. The molecule has 156 valence electrons. The van der Waals surface area contributed by atoms with Crippen LogP contribution < -0.4 is 11.1 Å². The Bertz CT molecular complexity index is 1110. The van der Waals surface area contributed by atoms with E-state index in [2.05, 4.69) is 5.32 Å². The SMILES string of the molecule is CC(Nc1cccc(C(O)c2ccccc2)c1)c1ccc(S(=O)(=O)CC(N)=O)cc1. The number of carbonyl (C=O) groups excluding carboxylic acids is 1. The molecule has 2 atom stereocenters. The van der Waals surface area contributed by atoms with Crippen molar-refractivity contribution in [3.05, 3.63) is 95.6 Å². The molecule has 0 aliphatic carbocycles. The molecule has 0 radical (unpaired) electrons. The van der Waals surface area contributed by atoms with E-state index in [4.69, 9.17) is 5.73 Å². The number of hydrogen-bond donors (Lipinski definition) is 3. The quantitative estimate of drug-likeness (QED) is 0.514. The van der Waals surface area contributed by atoms with E-state index in [-0.39, 0.29) is 10.9 Å². The smallest absolute Gasteiger partial charge is 0.233 e. The number of nitrogens with one attached hydrogen (secondary N) is 1. The van der Waals surface area contributed by atoms with Crippen molar-refractivity contribution >= 4 is 21.4 Å². The summed E-state index contributed by atoms with van der Waals surface area (Å²) in [6.45, 7) is 1.95. The first-order valence-corrected chi connectivity index (χ1v) is 11.1. The van der Waals surface area contributed by atoms with Crippen LogP contribution in [0.4, 0.5) is 5.69 Å². The minimum Gasteiger partial charge on any atom is -0.384 e. The van der Waals surface area contributed by atoms with E-state index in [1.165, 1.54) is 12.1 Å². The van der Waals surface area contributed by atoms with Crippen molar-refractivity contribution in [2.75, 3.05) is 11.1 Å². The highest BCUT2D eigenvalue weighted by Gasteiger charge is 2.18. The number of primary amides is 1. The Morgan fingerprint density at radius 3 is 2.20 bits per heavy atom. The van der Waals surface area contributed by atoms with E-state index in [1.54, 1.807) is 12.1 Å². The van der Waals surface area contributed by atoms with Gasteiger partial charge in [0, 0.05) is 11.7 Å². The van der Waals surface area contributed by atoms with Crippen LogP contribution in [0.5, 0.6) is 0 Å². The third-order valence-corrected chi connectivity index (χ3v) is 6.43. The van der Waals surface area contributed by atoms with Gasteiger partial charge in [-0.25, -0.2) is 8.42 Å². The highest BCUT2D eigenvalue weighted by Crippen LogP contribution is 2.26. The number of benzene rings is 3. The molecule has 0 aliphatic heterocycles. The monoisotopic (exact) mass is 424 g/mol. The Morgan fingerprint density at radius 1 is 0.933 bits per heavy atom. The second kappa shape index (κ2) is 9.11. The molecule has 0 aromatic heterocycles. The fourth-order valence-corrected chi connectivity index (χ4v) is 4.29. The van der Waals surface area contributed by atoms with Crippen molar-refractivity contribution in [1.82, 2.24) is 0 Å². The molecule has 7 heteroatoms. The van der Waals surface area contributed by atoms with Gasteiger partial charge < -0.3 is 16.2 Å². The largest absolute Gasteiger partial charge is 0.384 e. The van der Waals surface area contributed by atoms with Gasteiger partial charge >= 0.3 is 0 Å². The molecule has 0 aliphatic rings. The first-order chi connectivity index (χ1) is 14.3. The highest BCUT2D eigenvalue weighted by atomic mass is 32.2. The summed E-state index contributed by atoms with van der Waals surface area (Å²) in [6.07, 6.45) is -0.724. The second-order valence-electron chi connectivity index (χ2n) is 7.10. The Morgan fingerprint density at radius 2 is 1.57 bits per heavy atom. The number of anilines is 1. The minimum absolute atomic E-state index is 0.0604. The van der Waals surface area contributed by atoms with Crippen LogP contribution in [0.1, 0.15) is 35.8 Å². The van der Waals surface area contributed by atoms with Crippen LogP contribution in [0.3, 0.4) is 0 Å². The summed E-state index contributed by atoms with van der Waals surface area (Å²) < 4.78 is 24.2. The normalized spacial score (nSPS) is 13.4. The van der Waals surface area contributed by atoms with E-state index in [0.29, 0.717) is 0 Å². The molecule has 0 saturated carbocycles. The summed E-state index contributed by atoms with van der Waals surface area (Å²) in [5.41, 5.74) is 8.30.